The second kappa shape index (κ2) is 9.86. The average Bonchev–Trinajstić information content (AvgIpc) is 3.62. The van der Waals surface area contributed by atoms with Crippen molar-refractivity contribution in [3.05, 3.63) is 170 Å². The molecule has 7 aromatic carbocycles. The summed E-state index contributed by atoms with van der Waals surface area (Å²) in [6.07, 6.45) is 0. The van der Waals surface area contributed by atoms with Crippen LogP contribution in [-0.2, 0) is 0 Å². The summed E-state index contributed by atoms with van der Waals surface area (Å²) in [5.41, 5.74) is 12.1. The Balaban J connectivity index is 1.37. The molecule has 0 N–H and O–H groups in total. The SMILES string of the molecule is c1ccc(-c2ccc(-n3c4ccccc4c4c3ccc3c5ccc(-c6ccccc6)cc5n(-c5ccccc5)c34)cc2)cc1. The highest BCUT2D eigenvalue weighted by molar-refractivity contribution is 6.26. The maximum atomic E-state index is 2.47. The van der Waals surface area contributed by atoms with Crippen molar-refractivity contribution < 1.29 is 0 Å². The van der Waals surface area contributed by atoms with Gasteiger partial charge in [-0.1, -0.05) is 127 Å². The molecule has 9 rings (SSSR count). The lowest BCUT2D eigenvalue weighted by Crippen LogP contribution is -1.95. The molecule has 0 spiro atoms. The highest BCUT2D eigenvalue weighted by Gasteiger charge is 2.21. The van der Waals surface area contributed by atoms with Crippen LogP contribution in [0.2, 0.25) is 0 Å². The van der Waals surface area contributed by atoms with Crippen molar-refractivity contribution in [3.8, 4) is 33.6 Å². The van der Waals surface area contributed by atoms with E-state index in [1.165, 1.54) is 65.9 Å². The molecule has 0 aliphatic carbocycles. The third kappa shape index (κ3) is 3.75. The van der Waals surface area contributed by atoms with Gasteiger partial charge < -0.3 is 9.13 Å². The van der Waals surface area contributed by atoms with Crippen molar-refractivity contribution >= 4 is 43.6 Å². The molecular weight excluding hydrogens is 532 g/mol. The molecular formula is C42H28N2. The van der Waals surface area contributed by atoms with E-state index < -0.39 is 0 Å². The Bertz CT molecular complexity index is 2450. The van der Waals surface area contributed by atoms with Crippen LogP contribution in [0.25, 0.3) is 77.2 Å². The summed E-state index contributed by atoms with van der Waals surface area (Å²) in [4.78, 5) is 0. The maximum absolute atomic E-state index is 2.47. The summed E-state index contributed by atoms with van der Waals surface area (Å²) in [6.45, 7) is 0. The van der Waals surface area contributed by atoms with Gasteiger partial charge in [0.15, 0.2) is 0 Å². The van der Waals surface area contributed by atoms with Crippen LogP contribution in [0.3, 0.4) is 0 Å². The van der Waals surface area contributed by atoms with Crippen LogP contribution in [0, 0.1) is 0 Å². The van der Waals surface area contributed by atoms with Gasteiger partial charge in [0.25, 0.3) is 0 Å². The number of fused-ring (bicyclic) bond motifs is 7. The van der Waals surface area contributed by atoms with Gasteiger partial charge in [0.1, 0.15) is 0 Å². The van der Waals surface area contributed by atoms with Crippen molar-refractivity contribution in [1.82, 2.24) is 9.13 Å². The van der Waals surface area contributed by atoms with E-state index in [2.05, 4.69) is 179 Å². The molecule has 2 aromatic heterocycles. The second-order valence-corrected chi connectivity index (χ2v) is 11.4. The molecule has 0 atom stereocenters. The molecule has 2 nitrogen and oxygen atoms in total. The first-order valence-electron chi connectivity index (χ1n) is 15.1. The molecule has 44 heavy (non-hydrogen) atoms. The first-order chi connectivity index (χ1) is 21.8. The van der Waals surface area contributed by atoms with Crippen molar-refractivity contribution in [2.45, 2.75) is 0 Å². The second-order valence-electron chi connectivity index (χ2n) is 11.4. The van der Waals surface area contributed by atoms with Crippen LogP contribution in [0.5, 0.6) is 0 Å². The van der Waals surface area contributed by atoms with Crippen molar-refractivity contribution in [2.75, 3.05) is 0 Å². The van der Waals surface area contributed by atoms with Gasteiger partial charge in [-0.3, -0.25) is 0 Å². The Kier molecular flexibility index (Phi) is 5.54. The Morgan fingerprint density at radius 1 is 0.295 bits per heavy atom. The van der Waals surface area contributed by atoms with E-state index in [1.807, 2.05) is 0 Å². The summed E-state index contributed by atoms with van der Waals surface area (Å²) >= 11 is 0. The molecule has 0 saturated carbocycles. The van der Waals surface area contributed by atoms with E-state index in [9.17, 15) is 0 Å². The van der Waals surface area contributed by atoms with Gasteiger partial charge in [-0.2, -0.15) is 0 Å². The quantitative estimate of drug-likeness (QED) is 0.203. The smallest absolute Gasteiger partial charge is 0.0641 e. The average molecular weight is 561 g/mol. The number of rotatable bonds is 4. The Labute approximate surface area is 255 Å². The fourth-order valence-electron chi connectivity index (χ4n) is 6.92. The van der Waals surface area contributed by atoms with Gasteiger partial charge in [0.2, 0.25) is 0 Å². The zero-order valence-electron chi connectivity index (χ0n) is 24.1. The number of benzene rings is 7. The molecule has 2 heterocycles. The number of para-hydroxylation sites is 2. The monoisotopic (exact) mass is 560 g/mol. The lowest BCUT2D eigenvalue weighted by molar-refractivity contribution is 1.17. The minimum atomic E-state index is 1.16. The fraction of sp³-hybridized carbons (Fsp3) is 0. The summed E-state index contributed by atoms with van der Waals surface area (Å²) in [7, 11) is 0. The molecule has 0 aliphatic heterocycles. The summed E-state index contributed by atoms with van der Waals surface area (Å²) in [5.74, 6) is 0. The number of hydrogen-bond acceptors (Lipinski definition) is 0. The normalized spacial score (nSPS) is 11.6. The van der Waals surface area contributed by atoms with Crippen molar-refractivity contribution in [1.29, 1.82) is 0 Å². The predicted molar refractivity (Wildman–Crippen MR) is 186 cm³/mol. The predicted octanol–water partition coefficient (Wildman–Crippen LogP) is 11.2. The topological polar surface area (TPSA) is 9.86 Å². The first-order valence-corrected chi connectivity index (χ1v) is 15.1. The third-order valence-corrected chi connectivity index (χ3v) is 8.92. The van der Waals surface area contributed by atoms with Gasteiger partial charge in [-0.25, -0.2) is 0 Å². The molecule has 0 bridgehead atoms. The molecule has 0 aliphatic rings. The van der Waals surface area contributed by atoms with Crippen LogP contribution >= 0.6 is 0 Å². The molecule has 9 aromatic rings. The lowest BCUT2D eigenvalue weighted by atomic mass is 10.0. The van der Waals surface area contributed by atoms with Crippen molar-refractivity contribution in [3.63, 3.8) is 0 Å². The molecule has 206 valence electrons. The Morgan fingerprint density at radius 3 is 1.57 bits per heavy atom. The Hall–Kier alpha value is -5.86. The molecule has 0 radical (unpaired) electrons. The van der Waals surface area contributed by atoms with Gasteiger partial charge in [0, 0.05) is 32.9 Å². The number of aromatic nitrogens is 2. The maximum Gasteiger partial charge on any atom is 0.0641 e. The van der Waals surface area contributed by atoms with Crippen molar-refractivity contribution in [2.24, 2.45) is 0 Å². The van der Waals surface area contributed by atoms with Gasteiger partial charge in [0.05, 0.1) is 22.1 Å². The van der Waals surface area contributed by atoms with E-state index in [1.54, 1.807) is 0 Å². The molecule has 0 unspecified atom stereocenters. The van der Waals surface area contributed by atoms with Crippen LogP contribution in [0.4, 0.5) is 0 Å². The fourth-order valence-corrected chi connectivity index (χ4v) is 6.92. The van der Waals surface area contributed by atoms with E-state index in [0.29, 0.717) is 0 Å². The number of nitrogens with zero attached hydrogens (tertiary/aromatic N) is 2. The van der Waals surface area contributed by atoms with Gasteiger partial charge in [-0.15, -0.1) is 0 Å². The van der Waals surface area contributed by atoms with Crippen LogP contribution < -0.4 is 0 Å². The van der Waals surface area contributed by atoms with Crippen LogP contribution in [0.15, 0.2) is 170 Å². The highest BCUT2D eigenvalue weighted by atomic mass is 15.0. The van der Waals surface area contributed by atoms with Crippen LogP contribution in [0.1, 0.15) is 0 Å². The molecule has 2 heteroatoms. The standard InChI is InChI=1S/C42H28N2/c1-4-12-29(13-5-1)31-20-23-34(24-21-31)43-38-19-11-10-18-37(38)41-39(43)27-26-36-35-25-22-32(30-14-6-2-7-15-30)28-40(35)44(42(36)41)33-16-8-3-9-17-33/h1-28H. The summed E-state index contributed by atoms with van der Waals surface area (Å²) in [6, 6.07) is 61.3. The molecule has 0 saturated heterocycles. The summed E-state index contributed by atoms with van der Waals surface area (Å²) < 4.78 is 4.88. The Morgan fingerprint density at radius 2 is 0.841 bits per heavy atom. The lowest BCUT2D eigenvalue weighted by Gasteiger charge is -2.11. The van der Waals surface area contributed by atoms with E-state index in [4.69, 9.17) is 0 Å². The van der Waals surface area contributed by atoms with Gasteiger partial charge in [-0.05, 0) is 64.7 Å². The zero-order valence-corrected chi connectivity index (χ0v) is 24.1. The summed E-state index contributed by atoms with van der Waals surface area (Å²) in [5, 5.41) is 5.04. The minimum absolute atomic E-state index is 1.16. The van der Waals surface area contributed by atoms with E-state index in [0.717, 1.165) is 11.4 Å². The molecule has 0 fully saturated rings. The van der Waals surface area contributed by atoms with E-state index >= 15 is 0 Å². The van der Waals surface area contributed by atoms with Crippen LogP contribution in [-0.4, -0.2) is 9.13 Å². The van der Waals surface area contributed by atoms with E-state index in [-0.39, 0.29) is 0 Å². The first kappa shape index (κ1) is 24.7. The van der Waals surface area contributed by atoms with Gasteiger partial charge >= 0.3 is 0 Å². The number of hydrogen-bond donors (Lipinski definition) is 0. The highest BCUT2D eigenvalue weighted by Crippen LogP contribution is 2.42. The largest absolute Gasteiger partial charge is 0.309 e. The molecule has 0 amide bonds. The third-order valence-electron chi connectivity index (χ3n) is 8.92. The minimum Gasteiger partial charge on any atom is -0.309 e. The zero-order chi connectivity index (χ0) is 29.0.